The Balaban J connectivity index is 1.53. The Morgan fingerprint density at radius 3 is 2.62 bits per heavy atom. The van der Waals surface area contributed by atoms with Crippen molar-refractivity contribution in [3.63, 3.8) is 0 Å². The lowest BCUT2D eigenvalue weighted by molar-refractivity contribution is 0.187. The molecule has 3 N–H and O–H groups in total. The van der Waals surface area contributed by atoms with E-state index in [1.165, 1.54) is 0 Å². The summed E-state index contributed by atoms with van der Waals surface area (Å²) in [4.78, 5) is 11.5. The van der Waals surface area contributed by atoms with Crippen LogP contribution in [0.25, 0.3) is 0 Å². The smallest absolute Gasteiger partial charge is 0.191 e. The molecule has 0 amide bonds. The SMILES string of the molecule is CCNC(=NCC(O)c1ccc(Cl)cc1)NC1CCN(c2cccc(C)n2)CC1. The first-order chi connectivity index (χ1) is 14.0. The lowest BCUT2D eigenvalue weighted by Crippen LogP contribution is -2.49. The summed E-state index contributed by atoms with van der Waals surface area (Å²) < 4.78 is 0. The molecular formula is C22H30ClN5O. The number of pyridine rings is 1. The van der Waals surface area contributed by atoms with Crippen LogP contribution in [-0.2, 0) is 0 Å². The van der Waals surface area contributed by atoms with Gasteiger partial charge in [0.1, 0.15) is 5.82 Å². The van der Waals surface area contributed by atoms with Gasteiger partial charge >= 0.3 is 0 Å². The van der Waals surface area contributed by atoms with Gasteiger partial charge in [0.05, 0.1) is 12.6 Å². The van der Waals surface area contributed by atoms with Gasteiger partial charge in [0.2, 0.25) is 0 Å². The maximum atomic E-state index is 10.4. The average Bonchev–Trinajstić information content (AvgIpc) is 2.73. The number of nitrogens with one attached hydrogen (secondary N) is 2. The number of aliphatic imine (C=N–C) groups is 1. The maximum Gasteiger partial charge on any atom is 0.191 e. The fourth-order valence-corrected chi connectivity index (χ4v) is 3.57. The largest absolute Gasteiger partial charge is 0.386 e. The third kappa shape index (κ3) is 6.34. The van der Waals surface area contributed by atoms with Crippen LogP contribution >= 0.6 is 11.6 Å². The monoisotopic (exact) mass is 415 g/mol. The summed E-state index contributed by atoms with van der Waals surface area (Å²) in [6.45, 7) is 7.05. The number of hydrogen-bond donors (Lipinski definition) is 3. The molecule has 1 fully saturated rings. The van der Waals surface area contributed by atoms with Crippen LogP contribution in [0.15, 0.2) is 47.5 Å². The molecule has 3 rings (SSSR count). The molecule has 29 heavy (non-hydrogen) atoms. The van der Waals surface area contributed by atoms with Crippen molar-refractivity contribution in [2.75, 3.05) is 31.1 Å². The number of aromatic nitrogens is 1. The van der Waals surface area contributed by atoms with E-state index >= 15 is 0 Å². The number of aliphatic hydroxyl groups excluding tert-OH is 1. The Bertz CT molecular complexity index is 803. The molecule has 1 aliphatic heterocycles. The van der Waals surface area contributed by atoms with Gasteiger partial charge in [-0.15, -0.1) is 0 Å². The number of nitrogens with zero attached hydrogens (tertiary/aromatic N) is 3. The van der Waals surface area contributed by atoms with Crippen LogP contribution < -0.4 is 15.5 Å². The zero-order chi connectivity index (χ0) is 20.6. The Labute approximate surface area is 178 Å². The van der Waals surface area contributed by atoms with Gasteiger partial charge in [0.15, 0.2) is 5.96 Å². The number of piperidine rings is 1. The van der Waals surface area contributed by atoms with E-state index in [1.807, 2.05) is 32.0 Å². The molecule has 1 aliphatic rings. The Kier molecular flexibility index (Phi) is 7.72. The van der Waals surface area contributed by atoms with Gasteiger partial charge in [-0.1, -0.05) is 29.8 Å². The van der Waals surface area contributed by atoms with Gasteiger partial charge in [-0.3, -0.25) is 4.99 Å². The predicted molar refractivity (Wildman–Crippen MR) is 120 cm³/mol. The number of benzene rings is 1. The van der Waals surface area contributed by atoms with Crippen molar-refractivity contribution in [3.05, 3.63) is 58.7 Å². The second-order valence-electron chi connectivity index (χ2n) is 7.33. The standard InChI is InChI=1S/C22H30ClN5O/c1-3-24-22(25-15-20(29)17-7-9-18(23)10-8-17)27-19-11-13-28(14-12-19)21-6-4-5-16(2)26-21/h4-10,19-20,29H,3,11-15H2,1-2H3,(H2,24,25,27). The quantitative estimate of drug-likeness (QED) is 0.498. The van der Waals surface area contributed by atoms with E-state index in [9.17, 15) is 5.11 Å². The van der Waals surface area contributed by atoms with E-state index in [1.54, 1.807) is 12.1 Å². The molecule has 0 radical (unpaired) electrons. The molecule has 156 valence electrons. The van der Waals surface area contributed by atoms with E-state index < -0.39 is 6.10 Å². The molecule has 1 atom stereocenters. The zero-order valence-electron chi connectivity index (χ0n) is 17.1. The average molecular weight is 416 g/mol. The van der Waals surface area contributed by atoms with Crippen LogP contribution in [0, 0.1) is 6.92 Å². The zero-order valence-corrected chi connectivity index (χ0v) is 17.9. The molecule has 1 aromatic heterocycles. The highest BCUT2D eigenvalue weighted by Gasteiger charge is 2.21. The topological polar surface area (TPSA) is 72.8 Å². The molecule has 1 saturated heterocycles. The first-order valence-corrected chi connectivity index (χ1v) is 10.6. The number of rotatable bonds is 6. The van der Waals surface area contributed by atoms with E-state index in [4.69, 9.17) is 11.6 Å². The Morgan fingerprint density at radius 1 is 1.24 bits per heavy atom. The summed E-state index contributed by atoms with van der Waals surface area (Å²) in [5, 5.41) is 17.8. The minimum Gasteiger partial charge on any atom is -0.386 e. The van der Waals surface area contributed by atoms with Crippen molar-refractivity contribution >= 4 is 23.4 Å². The number of guanidine groups is 1. The van der Waals surface area contributed by atoms with Crippen molar-refractivity contribution in [3.8, 4) is 0 Å². The van der Waals surface area contributed by atoms with Gasteiger partial charge in [-0.2, -0.15) is 0 Å². The minimum atomic E-state index is -0.656. The lowest BCUT2D eigenvalue weighted by Gasteiger charge is -2.34. The van der Waals surface area contributed by atoms with Crippen molar-refractivity contribution < 1.29 is 5.11 Å². The fourth-order valence-electron chi connectivity index (χ4n) is 3.44. The van der Waals surface area contributed by atoms with Crippen LogP contribution in [-0.4, -0.2) is 48.3 Å². The van der Waals surface area contributed by atoms with Crippen molar-refractivity contribution in [2.24, 2.45) is 4.99 Å². The summed E-state index contributed by atoms with van der Waals surface area (Å²) in [6, 6.07) is 13.7. The third-order valence-electron chi connectivity index (χ3n) is 5.05. The molecule has 1 aromatic carbocycles. The fraction of sp³-hybridized carbons (Fsp3) is 0.455. The van der Waals surface area contributed by atoms with E-state index in [2.05, 4.69) is 37.6 Å². The summed E-state index contributed by atoms with van der Waals surface area (Å²) in [7, 11) is 0. The molecule has 2 heterocycles. The highest BCUT2D eigenvalue weighted by atomic mass is 35.5. The second kappa shape index (κ2) is 10.5. The Hall–Kier alpha value is -2.31. The molecule has 0 saturated carbocycles. The highest BCUT2D eigenvalue weighted by molar-refractivity contribution is 6.30. The molecule has 0 spiro atoms. The van der Waals surface area contributed by atoms with Crippen molar-refractivity contribution in [1.29, 1.82) is 0 Å². The van der Waals surface area contributed by atoms with Crippen LogP contribution in [0.4, 0.5) is 5.82 Å². The first-order valence-electron chi connectivity index (χ1n) is 10.2. The molecule has 2 aromatic rings. The van der Waals surface area contributed by atoms with Gasteiger partial charge < -0.3 is 20.6 Å². The van der Waals surface area contributed by atoms with Crippen LogP contribution in [0.2, 0.25) is 5.02 Å². The van der Waals surface area contributed by atoms with Crippen LogP contribution in [0.1, 0.15) is 37.1 Å². The van der Waals surface area contributed by atoms with Crippen molar-refractivity contribution in [1.82, 2.24) is 15.6 Å². The molecule has 6 nitrogen and oxygen atoms in total. The van der Waals surface area contributed by atoms with E-state index in [0.29, 0.717) is 17.6 Å². The molecule has 0 aliphatic carbocycles. The molecule has 7 heteroatoms. The van der Waals surface area contributed by atoms with Gasteiger partial charge in [0.25, 0.3) is 0 Å². The third-order valence-corrected chi connectivity index (χ3v) is 5.31. The van der Waals surface area contributed by atoms with Crippen LogP contribution in [0.3, 0.4) is 0 Å². The van der Waals surface area contributed by atoms with Crippen LogP contribution in [0.5, 0.6) is 0 Å². The predicted octanol–water partition coefficient (Wildman–Crippen LogP) is 3.30. The molecular weight excluding hydrogens is 386 g/mol. The van der Waals surface area contributed by atoms with E-state index in [-0.39, 0.29) is 0 Å². The lowest BCUT2D eigenvalue weighted by atomic mass is 10.1. The summed E-state index contributed by atoms with van der Waals surface area (Å²) >= 11 is 5.91. The Morgan fingerprint density at radius 2 is 1.97 bits per heavy atom. The minimum absolute atomic E-state index is 0.295. The number of halogens is 1. The van der Waals surface area contributed by atoms with Gasteiger partial charge in [0, 0.05) is 36.4 Å². The summed E-state index contributed by atoms with van der Waals surface area (Å²) in [5.41, 5.74) is 1.86. The first kappa shape index (κ1) is 21.4. The number of aliphatic hydroxyl groups is 1. The summed E-state index contributed by atoms with van der Waals surface area (Å²) in [6.07, 6.45) is 1.37. The number of hydrogen-bond acceptors (Lipinski definition) is 4. The van der Waals surface area contributed by atoms with Gasteiger partial charge in [-0.25, -0.2) is 4.98 Å². The molecule has 1 unspecified atom stereocenters. The maximum absolute atomic E-state index is 10.4. The normalized spacial score (nSPS) is 16.6. The van der Waals surface area contributed by atoms with Gasteiger partial charge in [-0.05, 0) is 56.5 Å². The van der Waals surface area contributed by atoms with Crippen molar-refractivity contribution in [2.45, 2.75) is 38.8 Å². The second-order valence-corrected chi connectivity index (χ2v) is 7.77. The van der Waals surface area contributed by atoms with E-state index in [0.717, 1.165) is 55.5 Å². The number of aryl methyl sites for hydroxylation is 1. The summed E-state index contributed by atoms with van der Waals surface area (Å²) in [5.74, 6) is 1.79. The highest BCUT2D eigenvalue weighted by Crippen LogP contribution is 2.19. The number of anilines is 1. The molecule has 0 bridgehead atoms.